The maximum atomic E-state index is 12.1. The summed E-state index contributed by atoms with van der Waals surface area (Å²) in [4.78, 5) is 4.01. The van der Waals surface area contributed by atoms with Gasteiger partial charge in [0.15, 0.2) is 5.03 Å². The normalized spacial score (nSPS) is 11.7. The number of aromatic nitrogens is 3. The Hall–Kier alpha value is -1.77. The van der Waals surface area contributed by atoms with Crippen LogP contribution in [0.3, 0.4) is 0 Å². The molecule has 8 heteroatoms. The van der Waals surface area contributed by atoms with Crippen LogP contribution in [0.1, 0.15) is 18.1 Å². The summed E-state index contributed by atoms with van der Waals surface area (Å²) in [5.41, 5.74) is 1.74. The third-order valence-corrected chi connectivity index (χ3v) is 4.19. The minimum atomic E-state index is -3.61. The SMILES string of the molecule is CCNCc1ccc(S(=O)(=O)NCc2cnn(C)c2)nc1. The summed E-state index contributed by atoms with van der Waals surface area (Å²) in [5, 5.41) is 7.17. The van der Waals surface area contributed by atoms with E-state index in [0.717, 1.165) is 17.7 Å². The molecule has 0 saturated heterocycles. The van der Waals surface area contributed by atoms with E-state index in [0.29, 0.717) is 6.54 Å². The summed E-state index contributed by atoms with van der Waals surface area (Å²) in [6.07, 6.45) is 4.95. The highest BCUT2D eigenvalue weighted by molar-refractivity contribution is 7.89. The predicted octanol–water partition coefficient (Wildman–Crippen LogP) is 0.403. The molecule has 0 aromatic carbocycles. The van der Waals surface area contributed by atoms with E-state index in [2.05, 4.69) is 20.1 Å². The number of rotatable bonds is 7. The Morgan fingerprint density at radius 1 is 1.19 bits per heavy atom. The van der Waals surface area contributed by atoms with Crippen molar-refractivity contribution >= 4 is 10.0 Å². The number of nitrogens with zero attached hydrogens (tertiary/aromatic N) is 3. The molecule has 0 aliphatic carbocycles. The van der Waals surface area contributed by atoms with Gasteiger partial charge in [0.05, 0.1) is 6.20 Å². The van der Waals surface area contributed by atoms with Crippen LogP contribution in [0.4, 0.5) is 0 Å². The summed E-state index contributed by atoms with van der Waals surface area (Å²) < 4.78 is 28.4. The van der Waals surface area contributed by atoms with Gasteiger partial charge in [-0.25, -0.2) is 18.1 Å². The molecule has 0 aliphatic rings. The number of pyridine rings is 1. The average Bonchev–Trinajstić information content (AvgIpc) is 2.89. The molecule has 0 spiro atoms. The predicted molar refractivity (Wildman–Crippen MR) is 78.9 cm³/mol. The molecule has 0 amide bonds. The topological polar surface area (TPSA) is 88.9 Å². The van der Waals surface area contributed by atoms with Gasteiger partial charge < -0.3 is 5.32 Å². The van der Waals surface area contributed by atoms with E-state index in [1.54, 1.807) is 36.4 Å². The molecular formula is C13H19N5O2S. The number of aryl methyl sites for hydroxylation is 1. The fraction of sp³-hybridized carbons (Fsp3) is 0.385. The Morgan fingerprint density at radius 3 is 2.57 bits per heavy atom. The van der Waals surface area contributed by atoms with Gasteiger partial charge in [0, 0.05) is 38.1 Å². The van der Waals surface area contributed by atoms with Crippen molar-refractivity contribution in [3.63, 3.8) is 0 Å². The Kier molecular flexibility index (Phi) is 5.05. The Bertz CT molecular complexity index is 679. The van der Waals surface area contributed by atoms with E-state index in [-0.39, 0.29) is 11.6 Å². The highest BCUT2D eigenvalue weighted by atomic mass is 32.2. The molecule has 0 fully saturated rings. The van der Waals surface area contributed by atoms with E-state index >= 15 is 0 Å². The zero-order valence-corrected chi connectivity index (χ0v) is 12.9. The maximum Gasteiger partial charge on any atom is 0.258 e. The van der Waals surface area contributed by atoms with Crippen molar-refractivity contribution in [3.05, 3.63) is 41.9 Å². The minimum absolute atomic E-state index is 0.0200. The number of hydrogen-bond acceptors (Lipinski definition) is 5. The molecule has 2 aromatic rings. The van der Waals surface area contributed by atoms with Crippen LogP contribution in [0.2, 0.25) is 0 Å². The molecule has 7 nitrogen and oxygen atoms in total. The van der Waals surface area contributed by atoms with Gasteiger partial charge in [0.25, 0.3) is 10.0 Å². The third-order valence-electron chi connectivity index (χ3n) is 2.88. The van der Waals surface area contributed by atoms with Crippen LogP contribution in [0.25, 0.3) is 0 Å². The first-order chi connectivity index (χ1) is 10.0. The Morgan fingerprint density at radius 2 is 2.00 bits per heavy atom. The lowest BCUT2D eigenvalue weighted by atomic mass is 10.3. The van der Waals surface area contributed by atoms with E-state index < -0.39 is 10.0 Å². The number of nitrogens with one attached hydrogen (secondary N) is 2. The summed E-state index contributed by atoms with van der Waals surface area (Å²) in [5.74, 6) is 0. The first-order valence-corrected chi connectivity index (χ1v) is 8.12. The second kappa shape index (κ2) is 6.79. The smallest absolute Gasteiger partial charge is 0.258 e. The largest absolute Gasteiger partial charge is 0.313 e. The lowest BCUT2D eigenvalue weighted by molar-refractivity contribution is 0.577. The molecule has 2 rings (SSSR count). The van der Waals surface area contributed by atoms with Crippen molar-refractivity contribution < 1.29 is 8.42 Å². The zero-order chi connectivity index (χ0) is 15.3. The fourth-order valence-corrected chi connectivity index (χ4v) is 2.70. The van der Waals surface area contributed by atoms with Crippen LogP contribution in [0.15, 0.2) is 35.7 Å². The van der Waals surface area contributed by atoms with Crippen LogP contribution >= 0.6 is 0 Å². The lowest BCUT2D eigenvalue weighted by Gasteiger charge is -2.06. The number of sulfonamides is 1. The molecule has 0 radical (unpaired) electrons. The van der Waals surface area contributed by atoms with Crippen molar-refractivity contribution in [3.8, 4) is 0 Å². The minimum Gasteiger partial charge on any atom is -0.313 e. The standard InChI is InChI=1S/C13H19N5O2S/c1-3-14-6-11-4-5-13(15-7-11)21(19,20)17-9-12-8-16-18(2)10-12/h4-5,7-8,10,14,17H,3,6,9H2,1-2H3. The molecule has 21 heavy (non-hydrogen) atoms. The van der Waals surface area contributed by atoms with Crippen LogP contribution in [0, 0.1) is 0 Å². The van der Waals surface area contributed by atoms with Crippen LogP contribution in [-0.4, -0.2) is 29.7 Å². The summed E-state index contributed by atoms with van der Waals surface area (Å²) in [6, 6.07) is 3.27. The van der Waals surface area contributed by atoms with Crippen molar-refractivity contribution in [2.75, 3.05) is 6.54 Å². The second-order valence-corrected chi connectivity index (χ2v) is 6.35. The third kappa shape index (κ3) is 4.35. The van der Waals surface area contributed by atoms with Crippen molar-refractivity contribution in [1.29, 1.82) is 0 Å². The Balaban J connectivity index is 2.01. The Labute approximate surface area is 124 Å². The van der Waals surface area contributed by atoms with Gasteiger partial charge in [-0.1, -0.05) is 13.0 Å². The van der Waals surface area contributed by atoms with Gasteiger partial charge in [-0.05, 0) is 18.2 Å². The zero-order valence-electron chi connectivity index (χ0n) is 12.1. The second-order valence-electron chi connectivity index (χ2n) is 4.63. The summed E-state index contributed by atoms with van der Waals surface area (Å²) in [6.45, 7) is 3.73. The molecule has 2 aromatic heterocycles. The molecule has 0 bridgehead atoms. The van der Waals surface area contributed by atoms with Gasteiger partial charge in [-0.3, -0.25) is 4.68 Å². The van der Waals surface area contributed by atoms with Gasteiger partial charge in [0.1, 0.15) is 0 Å². The molecule has 2 heterocycles. The first kappa shape index (κ1) is 15.6. The highest BCUT2D eigenvalue weighted by Crippen LogP contribution is 2.07. The first-order valence-electron chi connectivity index (χ1n) is 6.64. The van der Waals surface area contributed by atoms with E-state index in [9.17, 15) is 8.42 Å². The number of hydrogen-bond donors (Lipinski definition) is 2. The van der Waals surface area contributed by atoms with Crippen molar-refractivity contribution in [2.45, 2.75) is 25.0 Å². The molecular weight excluding hydrogens is 290 g/mol. The fourth-order valence-electron chi connectivity index (χ4n) is 1.76. The highest BCUT2D eigenvalue weighted by Gasteiger charge is 2.15. The summed E-state index contributed by atoms with van der Waals surface area (Å²) >= 11 is 0. The van der Waals surface area contributed by atoms with E-state index in [1.165, 1.54) is 6.07 Å². The molecule has 0 saturated carbocycles. The van der Waals surface area contributed by atoms with E-state index in [1.807, 2.05) is 6.92 Å². The van der Waals surface area contributed by atoms with Gasteiger partial charge in [0.2, 0.25) is 0 Å². The monoisotopic (exact) mass is 309 g/mol. The molecule has 0 atom stereocenters. The van der Waals surface area contributed by atoms with Crippen LogP contribution in [0.5, 0.6) is 0 Å². The molecule has 114 valence electrons. The molecule has 0 aliphatic heterocycles. The molecule has 0 unspecified atom stereocenters. The van der Waals surface area contributed by atoms with Gasteiger partial charge in [-0.2, -0.15) is 5.10 Å². The lowest BCUT2D eigenvalue weighted by Crippen LogP contribution is -2.24. The van der Waals surface area contributed by atoms with Crippen LogP contribution < -0.4 is 10.0 Å². The van der Waals surface area contributed by atoms with Gasteiger partial charge >= 0.3 is 0 Å². The summed E-state index contributed by atoms with van der Waals surface area (Å²) in [7, 11) is -1.82. The van der Waals surface area contributed by atoms with E-state index in [4.69, 9.17) is 0 Å². The maximum absolute atomic E-state index is 12.1. The quantitative estimate of drug-likeness (QED) is 0.773. The van der Waals surface area contributed by atoms with Crippen molar-refractivity contribution in [2.24, 2.45) is 7.05 Å². The van der Waals surface area contributed by atoms with Gasteiger partial charge in [-0.15, -0.1) is 0 Å². The van der Waals surface area contributed by atoms with Crippen molar-refractivity contribution in [1.82, 2.24) is 24.8 Å². The average molecular weight is 309 g/mol. The molecule has 2 N–H and O–H groups in total. The van der Waals surface area contributed by atoms with Crippen LogP contribution in [-0.2, 0) is 30.2 Å².